The summed E-state index contributed by atoms with van der Waals surface area (Å²) in [6.07, 6.45) is 1.34. The third-order valence-electron chi connectivity index (χ3n) is 3.48. The van der Waals surface area contributed by atoms with Crippen LogP contribution in [0.3, 0.4) is 0 Å². The molecule has 0 aliphatic rings. The number of para-hydroxylation sites is 1. The monoisotopic (exact) mass is 517 g/mol. The Bertz CT molecular complexity index is 1100. The summed E-state index contributed by atoms with van der Waals surface area (Å²) in [6, 6.07) is 13.5. The number of halogens is 3. The van der Waals surface area contributed by atoms with Crippen LogP contribution in [-0.2, 0) is 10.0 Å². The third kappa shape index (κ3) is 5.72. The minimum Gasteiger partial charge on any atom is -0.490 e. The molecule has 0 atom stereocenters. The minimum absolute atomic E-state index is 0.0160. The first kappa shape index (κ1) is 21.6. The van der Waals surface area contributed by atoms with Gasteiger partial charge in [0.2, 0.25) is 5.82 Å². The van der Waals surface area contributed by atoms with Crippen molar-refractivity contribution in [2.75, 3.05) is 17.9 Å². The molecule has 1 heterocycles. The molecule has 0 aliphatic carbocycles. The quantitative estimate of drug-likeness (QED) is 0.430. The van der Waals surface area contributed by atoms with Gasteiger partial charge in [-0.3, -0.25) is 4.72 Å². The summed E-state index contributed by atoms with van der Waals surface area (Å²) in [7, 11) is -4.07. The summed E-state index contributed by atoms with van der Waals surface area (Å²) < 4.78 is 39.2. The first-order valence-corrected chi connectivity index (χ1v) is 11.2. The van der Waals surface area contributed by atoms with Crippen molar-refractivity contribution in [1.29, 1.82) is 0 Å². The van der Waals surface area contributed by atoms with Gasteiger partial charge in [-0.15, -0.1) is 0 Å². The predicted octanol–water partition coefficient (Wildman–Crippen LogP) is 4.80. The van der Waals surface area contributed by atoms with Crippen LogP contribution in [0.15, 0.2) is 64.2 Å². The molecular formula is C18H14BrCl2N3O4S. The highest BCUT2D eigenvalue weighted by molar-refractivity contribution is 9.10. The first-order valence-electron chi connectivity index (χ1n) is 8.17. The Hall–Kier alpha value is -2.07. The van der Waals surface area contributed by atoms with Crippen LogP contribution < -0.4 is 14.2 Å². The number of hydrogen-bond acceptors (Lipinski definition) is 6. The SMILES string of the molecule is O=S(=O)(Nc1ncc(Br)nc1OCCOc1ccccc1)c1cccc(Cl)c1Cl. The van der Waals surface area contributed by atoms with Gasteiger partial charge < -0.3 is 9.47 Å². The van der Waals surface area contributed by atoms with E-state index >= 15 is 0 Å². The van der Waals surface area contributed by atoms with Crippen LogP contribution in [0.4, 0.5) is 5.82 Å². The molecule has 29 heavy (non-hydrogen) atoms. The molecule has 152 valence electrons. The molecule has 0 amide bonds. The molecule has 1 aromatic heterocycles. The van der Waals surface area contributed by atoms with E-state index in [4.69, 9.17) is 32.7 Å². The largest absolute Gasteiger partial charge is 0.490 e. The topological polar surface area (TPSA) is 90.4 Å². The Kier molecular flexibility index (Phi) is 7.18. The fourth-order valence-corrected chi connectivity index (χ4v) is 4.24. The van der Waals surface area contributed by atoms with E-state index in [0.29, 0.717) is 10.4 Å². The minimum atomic E-state index is -4.07. The van der Waals surface area contributed by atoms with Crippen molar-refractivity contribution in [1.82, 2.24) is 9.97 Å². The Labute approximate surface area is 186 Å². The van der Waals surface area contributed by atoms with Crippen LogP contribution in [0.1, 0.15) is 0 Å². The average Bonchev–Trinajstić information content (AvgIpc) is 2.70. The second-order valence-corrected chi connectivity index (χ2v) is 8.76. The van der Waals surface area contributed by atoms with Gasteiger partial charge in [0.15, 0.2) is 0 Å². The Morgan fingerprint density at radius 2 is 1.72 bits per heavy atom. The summed E-state index contributed by atoms with van der Waals surface area (Å²) in [6.45, 7) is 0.344. The number of rotatable bonds is 8. The number of hydrogen-bond donors (Lipinski definition) is 1. The molecule has 0 fully saturated rings. The van der Waals surface area contributed by atoms with Gasteiger partial charge in [0.1, 0.15) is 28.5 Å². The van der Waals surface area contributed by atoms with E-state index in [1.54, 1.807) is 0 Å². The van der Waals surface area contributed by atoms with Gasteiger partial charge in [-0.05, 0) is 40.2 Å². The van der Waals surface area contributed by atoms with Crippen LogP contribution in [0.25, 0.3) is 0 Å². The fraction of sp³-hybridized carbons (Fsp3) is 0.111. The second-order valence-electron chi connectivity index (χ2n) is 5.51. The predicted molar refractivity (Wildman–Crippen MR) is 114 cm³/mol. The Balaban J connectivity index is 1.73. The molecule has 7 nitrogen and oxygen atoms in total. The smallest absolute Gasteiger partial charge is 0.264 e. The molecule has 1 N–H and O–H groups in total. The van der Waals surface area contributed by atoms with Crippen molar-refractivity contribution in [2.24, 2.45) is 0 Å². The third-order valence-corrected chi connectivity index (χ3v) is 6.18. The summed E-state index contributed by atoms with van der Waals surface area (Å²) in [5.41, 5.74) is 0. The molecule has 3 rings (SSSR count). The average molecular weight is 519 g/mol. The summed E-state index contributed by atoms with van der Waals surface area (Å²) in [5, 5.41) is 0.0245. The lowest BCUT2D eigenvalue weighted by Crippen LogP contribution is -2.17. The van der Waals surface area contributed by atoms with Crippen molar-refractivity contribution in [2.45, 2.75) is 4.90 Å². The number of nitrogens with one attached hydrogen (secondary N) is 1. The van der Waals surface area contributed by atoms with Crippen molar-refractivity contribution in [3.05, 3.63) is 69.4 Å². The molecule has 0 unspecified atom stereocenters. The van der Waals surface area contributed by atoms with Crippen molar-refractivity contribution >= 4 is 55.0 Å². The summed E-state index contributed by atoms with van der Waals surface area (Å²) in [4.78, 5) is 7.98. The molecule has 2 aromatic carbocycles. The van der Waals surface area contributed by atoms with Crippen LogP contribution in [0.5, 0.6) is 11.6 Å². The number of nitrogens with zero attached hydrogens (tertiary/aromatic N) is 2. The summed E-state index contributed by atoms with van der Waals surface area (Å²) in [5.74, 6) is 0.578. The van der Waals surface area contributed by atoms with Crippen molar-refractivity contribution < 1.29 is 17.9 Å². The number of sulfonamides is 1. The molecule has 0 saturated heterocycles. The van der Waals surface area contributed by atoms with E-state index in [9.17, 15) is 8.42 Å². The lowest BCUT2D eigenvalue weighted by Gasteiger charge is -2.13. The van der Waals surface area contributed by atoms with Gasteiger partial charge in [0.05, 0.1) is 16.2 Å². The number of benzene rings is 2. The molecule has 3 aromatic rings. The highest BCUT2D eigenvalue weighted by Gasteiger charge is 2.22. The molecule has 0 aliphatic heterocycles. The second kappa shape index (κ2) is 9.62. The summed E-state index contributed by atoms with van der Waals surface area (Å²) >= 11 is 15.1. The van der Waals surface area contributed by atoms with E-state index in [0.717, 1.165) is 0 Å². The zero-order valence-corrected chi connectivity index (χ0v) is 18.6. The lowest BCUT2D eigenvalue weighted by atomic mass is 10.3. The van der Waals surface area contributed by atoms with Gasteiger partial charge in [0, 0.05) is 0 Å². The van der Waals surface area contributed by atoms with Crippen molar-refractivity contribution in [3.63, 3.8) is 0 Å². The zero-order valence-electron chi connectivity index (χ0n) is 14.7. The maximum atomic E-state index is 12.7. The van der Waals surface area contributed by atoms with Crippen LogP contribution in [0, 0.1) is 0 Å². The molecular weight excluding hydrogens is 505 g/mol. The van der Waals surface area contributed by atoms with E-state index < -0.39 is 10.0 Å². The molecule has 0 spiro atoms. The van der Waals surface area contributed by atoms with Crippen LogP contribution >= 0.6 is 39.1 Å². The highest BCUT2D eigenvalue weighted by atomic mass is 79.9. The van der Waals surface area contributed by atoms with E-state index in [-0.39, 0.29) is 39.9 Å². The van der Waals surface area contributed by atoms with Crippen LogP contribution in [-0.4, -0.2) is 31.6 Å². The van der Waals surface area contributed by atoms with Gasteiger partial charge in [0.25, 0.3) is 15.9 Å². The van der Waals surface area contributed by atoms with Gasteiger partial charge in [-0.1, -0.05) is 47.5 Å². The molecule has 0 saturated carbocycles. The number of aromatic nitrogens is 2. The maximum absolute atomic E-state index is 12.7. The highest BCUT2D eigenvalue weighted by Crippen LogP contribution is 2.31. The molecule has 0 radical (unpaired) electrons. The van der Waals surface area contributed by atoms with E-state index in [1.807, 2.05) is 30.3 Å². The van der Waals surface area contributed by atoms with Gasteiger partial charge in [-0.2, -0.15) is 0 Å². The van der Waals surface area contributed by atoms with Gasteiger partial charge in [-0.25, -0.2) is 18.4 Å². The van der Waals surface area contributed by atoms with Crippen LogP contribution in [0.2, 0.25) is 10.0 Å². The Morgan fingerprint density at radius 3 is 2.48 bits per heavy atom. The standard InChI is InChI=1S/C18H14BrCl2N3O4S/c19-15-11-22-17(24-29(25,26)14-8-4-7-13(20)16(14)21)18(23-15)28-10-9-27-12-5-2-1-3-6-12/h1-8,11H,9-10H2,(H,22,24). The lowest BCUT2D eigenvalue weighted by molar-refractivity contribution is 0.212. The van der Waals surface area contributed by atoms with E-state index in [2.05, 4.69) is 30.6 Å². The number of anilines is 1. The number of ether oxygens (including phenoxy) is 2. The normalized spacial score (nSPS) is 11.1. The van der Waals surface area contributed by atoms with E-state index in [1.165, 1.54) is 24.4 Å². The fourth-order valence-electron chi connectivity index (χ4n) is 2.21. The maximum Gasteiger partial charge on any atom is 0.264 e. The van der Waals surface area contributed by atoms with Crippen molar-refractivity contribution in [3.8, 4) is 11.6 Å². The molecule has 11 heteroatoms. The molecule has 0 bridgehead atoms. The zero-order chi connectivity index (χ0) is 20.9. The Morgan fingerprint density at radius 1 is 1.00 bits per heavy atom. The van der Waals surface area contributed by atoms with Gasteiger partial charge >= 0.3 is 0 Å². The first-order chi connectivity index (χ1) is 13.9.